The number of hydrogen-bond acceptors (Lipinski definition) is 6. The van der Waals surface area contributed by atoms with Gasteiger partial charge in [0, 0.05) is 33.9 Å². The van der Waals surface area contributed by atoms with Gasteiger partial charge in [-0.1, -0.05) is 12.8 Å². The number of rotatable bonds is 0. The van der Waals surface area contributed by atoms with E-state index < -0.39 is 17.9 Å². The molecule has 1 aliphatic heterocycles. The number of carbonyl (C=O) groups is 3. The molecule has 1 aliphatic rings. The Morgan fingerprint density at radius 2 is 0.905 bits per heavy atom. The Balaban J connectivity index is -0.000000230. The zero-order valence-electron chi connectivity index (χ0n) is 12.8. The zero-order chi connectivity index (χ0) is 17.1. The SMILES string of the molecule is C1CCCNNNCC1.CC(=O)O.CC(=O)O.CC(=O)O. The fraction of sp³-hybridized carbons (Fsp3) is 0.750. The van der Waals surface area contributed by atoms with Crippen LogP contribution in [0.4, 0.5) is 0 Å². The summed E-state index contributed by atoms with van der Waals surface area (Å²) in [5.74, 6) is -2.50. The van der Waals surface area contributed by atoms with E-state index in [0.29, 0.717) is 0 Å². The highest BCUT2D eigenvalue weighted by Crippen LogP contribution is 1.97. The van der Waals surface area contributed by atoms with Crippen molar-refractivity contribution in [2.45, 2.75) is 46.5 Å². The van der Waals surface area contributed by atoms with Crippen LogP contribution >= 0.6 is 0 Å². The van der Waals surface area contributed by atoms with Crippen molar-refractivity contribution in [1.29, 1.82) is 0 Å². The lowest BCUT2D eigenvalue weighted by Crippen LogP contribution is -2.43. The van der Waals surface area contributed by atoms with Crippen LogP contribution in [0, 0.1) is 0 Å². The topological polar surface area (TPSA) is 148 Å². The van der Waals surface area contributed by atoms with Crippen molar-refractivity contribution < 1.29 is 29.7 Å². The Hall–Kier alpha value is -1.71. The molecule has 0 radical (unpaired) electrons. The van der Waals surface area contributed by atoms with Gasteiger partial charge in [0.1, 0.15) is 0 Å². The van der Waals surface area contributed by atoms with E-state index in [-0.39, 0.29) is 0 Å². The molecule has 1 heterocycles. The van der Waals surface area contributed by atoms with Crippen LogP contribution in [-0.4, -0.2) is 46.3 Å². The predicted molar refractivity (Wildman–Crippen MR) is 77.5 cm³/mol. The van der Waals surface area contributed by atoms with Crippen LogP contribution in [0.5, 0.6) is 0 Å². The minimum absolute atomic E-state index is 0.833. The Morgan fingerprint density at radius 1 is 0.667 bits per heavy atom. The lowest BCUT2D eigenvalue weighted by Gasteiger charge is -2.03. The van der Waals surface area contributed by atoms with Gasteiger partial charge in [-0.25, -0.2) is 10.9 Å². The van der Waals surface area contributed by atoms with Gasteiger partial charge < -0.3 is 15.3 Å². The third-order valence-corrected chi connectivity index (χ3v) is 1.53. The number of hydrazine groups is 2. The molecule has 0 aromatic carbocycles. The van der Waals surface area contributed by atoms with Crippen LogP contribution in [0.15, 0.2) is 0 Å². The quantitative estimate of drug-likeness (QED) is 0.374. The summed E-state index contributed by atoms with van der Waals surface area (Å²) in [5.41, 5.74) is 9.06. The molecule has 21 heavy (non-hydrogen) atoms. The molecule has 1 rings (SSSR count). The molecule has 9 heteroatoms. The maximum absolute atomic E-state index is 9.00. The molecule has 0 unspecified atom stereocenters. The maximum atomic E-state index is 9.00. The molecule has 9 nitrogen and oxygen atoms in total. The molecule has 1 saturated heterocycles. The molecule has 0 aromatic heterocycles. The standard InChI is InChI=1S/C6H15N3.3C2H4O2/c1-2-4-6-8-9-7-5-3-1;3*1-2(3)4/h7-9H,1-6H2;3*1H3,(H,3,4). The van der Waals surface area contributed by atoms with Gasteiger partial charge in [-0.3, -0.25) is 14.4 Å². The highest BCUT2D eigenvalue weighted by molar-refractivity contribution is 5.63. The van der Waals surface area contributed by atoms with Gasteiger partial charge in [0.25, 0.3) is 17.9 Å². The smallest absolute Gasteiger partial charge is 0.300 e. The first-order valence-corrected chi connectivity index (χ1v) is 6.49. The second kappa shape index (κ2) is 20.6. The van der Waals surface area contributed by atoms with Crippen LogP contribution in [-0.2, 0) is 14.4 Å². The third kappa shape index (κ3) is 91.3. The van der Waals surface area contributed by atoms with Crippen molar-refractivity contribution >= 4 is 17.9 Å². The van der Waals surface area contributed by atoms with Gasteiger partial charge in [0.2, 0.25) is 0 Å². The number of hydrogen-bond donors (Lipinski definition) is 6. The highest BCUT2D eigenvalue weighted by atomic mass is 16.4. The number of aliphatic carboxylic acids is 3. The molecular weight excluding hydrogens is 282 g/mol. The van der Waals surface area contributed by atoms with E-state index >= 15 is 0 Å². The van der Waals surface area contributed by atoms with E-state index in [1.165, 1.54) is 25.7 Å². The lowest BCUT2D eigenvalue weighted by atomic mass is 10.2. The third-order valence-electron chi connectivity index (χ3n) is 1.53. The minimum Gasteiger partial charge on any atom is -0.481 e. The first-order chi connectivity index (χ1) is 9.70. The summed E-state index contributed by atoms with van der Waals surface area (Å²) in [7, 11) is 0. The molecular formula is C12H27N3O6. The zero-order valence-corrected chi connectivity index (χ0v) is 12.8. The van der Waals surface area contributed by atoms with E-state index in [4.69, 9.17) is 29.7 Å². The van der Waals surface area contributed by atoms with Gasteiger partial charge in [-0.05, 0) is 12.8 Å². The maximum Gasteiger partial charge on any atom is 0.300 e. The summed E-state index contributed by atoms with van der Waals surface area (Å²) in [6.45, 7) is 5.40. The predicted octanol–water partition coefficient (Wildman–Crippen LogP) is 0.432. The molecule has 0 bridgehead atoms. The molecule has 1 fully saturated rings. The average molecular weight is 309 g/mol. The summed E-state index contributed by atoms with van der Waals surface area (Å²) in [6.07, 6.45) is 5.29. The average Bonchev–Trinajstić information content (AvgIpc) is 2.41. The Bertz CT molecular complexity index is 205. The van der Waals surface area contributed by atoms with E-state index in [2.05, 4.69) is 16.4 Å². The molecule has 0 spiro atoms. The van der Waals surface area contributed by atoms with Crippen LogP contribution in [0.3, 0.4) is 0 Å². The summed E-state index contributed by atoms with van der Waals surface area (Å²) in [5, 5.41) is 22.2. The Labute approximate surface area is 124 Å². The van der Waals surface area contributed by atoms with Crippen molar-refractivity contribution in [2.75, 3.05) is 13.1 Å². The summed E-state index contributed by atoms with van der Waals surface area (Å²) < 4.78 is 0. The molecule has 6 N–H and O–H groups in total. The minimum atomic E-state index is -0.833. The molecule has 0 aromatic rings. The number of carboxylic acid groups (broad SMARTS) is 3. The largest absolute Gasteiger partial charge is 0.481 e. The van der Waals surface area contributed by atoms with Crippen molar-refractivity contribution in [3.8, 4) is 0 Å². The second-order valence-electron chi connectivity index (χ2n) is 3.95. The second-order valence-corrected chi connectivity index (χ2v) is 3.95. The van der Waals surface area contributed by atoms with Gasteiger partial charge in [-0.2, -0.15) is 5.53 Å². The van der Waals surface area contributed by atoms with E-state index in [1.54, 1.807) is 0 Å². The molecule has 126 valence electrons. The molecule has 0 amide bonds. The lowest BCUT2D eigenvalue weighted by molar-refractivity contribution is -0.135. The first kappa shape index (κ1) is 24.3. The van der Waals surface area contributed by atoms with Crippen molar-refractivity contribution in [1.82, 2.24) is 16.4 Å². The monoisotopic (exact) mass is 309 g/mol. The normalized spacial score (nSPS) is 13.9. The fourth-order valence-electron chi connectivity index (χ4n) is 0.968. The van der Waals surface area contributed by atoms with Gasteiger partial charge in [-0.15, -0.1) is 0 Å². The fourth-order valence-corrected chi connectivity index (χ4v) is 0.968. The number of nitrogens with one attached hydrogen (secondary N) is 3. The van der Waals surface area contributed by atoms with Crippen molar-refractivity contribution in [3.05, 3.63) is 0 Å². The van der Waals surface area contributed by atoms with E-state index in [1.807, 2.05) is 0 Å². The molecule has 0 aliphatic carbocycles. The van der Waals surface area contributed by atoms with E-state index in [0.717, 1.165) is 33.9 Å². The van der Waals surface area contributed by atoms with Crippen LogP contribution in [0.1, 0.15) is 46.5 Å². The van der Waals surface area contributed by atoms with Gasteiger partial charge >= 0.3 is 0 Å². The van der Waals surface area contributed by atoms with Crippen molar-refractivity contribution in [2.24, 2.45) is 0 Å². The van der Waals surface area contributed by atoms with Crippen LogP contribution in [0.2, 0.25) is 0 Å². The van der Waals surface area contributed by atoms with E-state index in [9.17, 15) is 0 Å². The Morgan fingerprint density at radius 3 is 1.14 bits per heavy atom. The van der Waals surface area contributed by atoms with Crippen molar-refractivity contribution in [3.63, 3.8) is 0 Å². The van der Waals surface area contributed by atoms with Gasteiger partial charge in [0.05, 0.1) is 0 Å². The molecule has 0 atom stereocenters. The summed E-state index contributed by atoms with van der Waals surface area (Å²) in [4.78, 5) is 27.0. The highest BCUT2D eigenvalue weighted by Gasteiger charge is 1.92. The first-order valence-electron chi connectivity index (χ1n) is 6.49. The summed E-state index contributed by atoms with van der Waals surface area (Å²) >= 11 is 0. The Kier molecular flexibility index (Phi) is 23.9. The molecule has 0 saturated carbocycles. The summed E-state index contributed by atoms with van der Waals surface area (Å²) in [6, 6.07) is 0. The van der Waals surface area contributed by atoms with Gasteiger partial charge in [0.15, 0.2) is 0 Å². The van der Waals surface area contributed by atoms with Crippen LogP contribution in [0.25, 0.3) is 0 Å². The number of carboxylic acids is 3. The van der Waals surface area contributed by atoms with Crippen LogP contribution < -0.4 is 16.4 Å².